The van der Waals surface area contributed by atoms with E-state index >= 15 is 0 Å². The molecule has 0 atom stereocenters. The van der Waals surface area contributed by atoms with Crippen molar-refractivity contribution >= 4 is 7.81 Å². The van der Waals surface area contributed by atoms with Crippen LogP contribution in [0, 0.1) is 0 Å². The quantitative estimate of drug-likeness (QED) is 0.179. The number of hydrogen-bond donors (Lipinski definition) is 0. The molecule has 0 heterocycles. The molecule has 0 saturated carbocycles. The van der Waals surface area contributed by atoms with Crippen LogP contribution < -0.4 is 0 Å². The van der Waals surface area contributed by atoms with Crippen molar-refractivity contribution in [1.29, 1.82) is 0 Å². The first-order chi connectivity index (χ1) is 9.01. The van der Waals surface area contributed by atoms with Gasteiger partial charge < -0.3 is 4.48 Å². The summed E-state index contributed by atoms with van der Waals surface area (Å²) in [6.07, 6.45) is 11.4. The van der Waals surface area contributed by atoms with Crippen LogP contribution in [0.15, 0.2) is 0 Å². The fraction of sp³-hybridized carbons (Fsp3) is 1.00. The summed E-state index contributed by atoms with van der Waals surface area (Å²) < 4.78 is 60.3. The Hall–Kier alpha value is -0.0300. The molecule has 0 amide bonds. The molecule has 0 N–H and O–H groups in total. The summed E-state index contributed by atoms with van der Waals surface area (Å²) in [5.41, 5.74) is 0. The van der Waals surface area contributed by atoms with Crippen LogP contribution in [0.2, 0.25) is 0 Å². The van der Waals surface area contributed by atoms with E-state index in [-0.39, 0.29) is 0 Å². The van der Waals surface area contributed by atoms with Gasteiger partial charge in [-0.05, 0) is 12.8 Å². The van der Waals surface area contributed by atoms with Crippen molar-refractivity contribution in [1.82, 2.24) is 0 Å². The molecule has 8 heteroatoms. The number of halogens is 6. The zero-order valence-electron chi connectivity index (χ0n) is 13.5. The van der Waals surface area contributed by atoms with Gasteiger partial charge in [-0.2, -0.15) is 0 Å². The van der Waals surface area contributed by atoms with Gasteiger partial charge in [0.15, 0.2) is 0 Å². The van der Waals surface area contributed by atoms with Gasteiger partial charge in [0.05, 0.1) is 27.7 Å². The van der Waals surface area contributed by atoms with Crippen LogP contribution in [0.25, 0.3) is 0 Å². The topological polar surface area (TPSA) is 0 Å². The van der Waals surface area contributed by atoms with E-state index < -0.39 is 7.81 Å². The zero-order chi connectivity index (χ0) is 17.3. The van der Waals surface area contributed by atoms with E-state index in [0.717, 1.165) is 4.48 Å². The van der Waals surface area contributed by atoms with Gasteiger partial charge in [0.1, 0.15) is 0 Å². The minimum absolute atomic E-state index is 1.12. The van der Waals surface area contributed by atoms with Crippen LogP contribution in [0.3, 0.4) is 0 Å². The second-order valence-electron chi connectivity index (χ2n) is 6.45. The molecule has 0 unspecified atom stereocenters. The van der Waals surface area contributed by atoms with Crippen LogP contribution in [0.4, 0.5) is 25.2 Å². The van der Waals surface area contributed by atoms with Crippen LogP contribution in [-0.2, 0) is 0 Å². The first-order valence-electron chi connectivity index (χ1n) is 7.38. The van der Waals surface area contributed by atoms with E-state index in [1.807, 2.05) is 0 Å². The molecule has 0 aromatic heterocycles. The molecule has 0 aromatic rings. The Morgan fingerprint density at radius 3 is 1.19 bits per heavy atom. The molecule has 0 spiro atoms. The summed E-state index contributed by atoms with van der Waals surface area (Å²) in [4.78, 5) is 0. The third kappa shape index (κ3) is 53.6. The van der Waals surface area contributed by atoms with Crippen molar-refractivity contribution in [2.75, 3.05) is 27.7 Å². The number of rotatable bonds is 9. The molecule has 0 aromatic carbocycles. The molecular weight excluding hydrogens is 315 g/mol. The fourth-order valence-electron chi connectivity index (χ4n) is 1.72. The van der Waals surface area contributed by atoms with Crippen LogP contribution in [0.1, 0.15) is 58.3 Å². The third-order valence-electron chi connectivity index (χ3n) is 2.68. The average molecular weight is 345 g/mol. The monoisotopic (exact) mass is 345 g/mol. The van der Waals surface area contributed by atoms with E-state index in [4.69, 9.17) is 0 Å². The molecule has 21 heavy (non-hydrogen) atoms. The fourth-order valence-corrected chi connectivity index (χ4v) is 1.72. The normalized spacial score (nSPS) is 15.7. The van der Waals surface area contributed by atoms with Crippen molar-refractivity contribution in [3.63, 3.8) is 0 Å². The summed E-state index contributed by atoms with van der Waals surface area (Å²) in [5, 5.41) is 0. The number of nitrogens with zero attached hydrogens (tertiary/aromatic N) is 1. The molecule has 0 fully saturated rings. The summed E-state index contributed by atoms with van der Waals surface area (Å²) in [5.74, 6) is 0. The van der Waals surface area contributed by atoms with Gasteiger partial charge in [0.25, 0.3) is 0 Å². The predicted molar refractivity (Wildman–Crippen MR) is 79.1 cm³/mol. The van der Waals surface area contributed by atoms with Gasteiger partial charge in [-0.25, -0.2) is 0 Å². The first kappa shape index (κ1) is 23.2. The second kappa shape index (κ2) is 8.00. The van der Waals surface area contributed by atoms with Gasteiger partial charge in [-0.15, -0.1) is 0 Å². The average Bonchev–Trinajstić information content (AvgIpc) is 2.15. The number of unbranched alkanes of at least 4 members (excludes halogenated alkanes) is 7. The van der Waals surface area contributed by atoms with Crippen molar-refractivity contribution in [3.8, 4) is 0 Å². The summed E-state index contributed by atoms with van der Waals surface area (Å²) in [7, 11) is -3.82. The Labute approximate surface area is 124 Å². The molecule has 0 radical (unpaired) electrons. The molecule has 1 nitrogen and oxygen atoms in total. The van der Waals surface area contributed by atoms with Crippen molar-refractivity contribution in [3.05, 3.63) is 0 Å². The van der Waals surface area contributed by atoms with Crippen molar-refractivity contribution in [2.24, 2.45) is 0 Å². The number of hydrogen-bond acceptors (Lipinski definition) is 0. The number of quaternary nitrogens is 1. The van der Waals surface area contributed by atoms with Gasteiger partial charge in [0, 0.05) is 0 Å². The van der Waals surface area contributed by atoms with Gasteiger partial charge in [-0.1, -0.05) is 45.4 Å². The van der Waals surface area contributed by atoms with Crippen molar-refractivity contribution < 1.29 is 29.7 Å². The Balaban J connectivity index is 0. The van der Waals surface area contributed by atoms with E-state index in [9.17, 15) is 25.2 Å². The Kier molecular flexibility index (Phi) is 8.85. The first-order valence-corrected chi connectivity index (χ1v) is 9.41. The van der Waals surface area contributed by atoms with Gasteiger partial charge in [0.2, 0.25) is 0 Å². The maximum absolute atomic E-state index is 10.7. The Bertz CT molecular complexity index is 255. The van der Waals surface area contributed by atoms with Gasteiger partial charge in [-0.3, -0.25) is 0 Å². The third-order valence-corrected chi connectivity index (χ3v) is 2.68. The standard InChI is InChI=1S/C13H30N.F6P/c1-5-6-7-8-9-10-11-12-13-14(2,3)4;1-7(2,3,4,5)6/h5-13H2,1-4H3;/q+1;-1. The molecule has 0 aliphatic carbocycles. The van der Waals surface area contributed by atoms with E-state index in [1.54, 1.807) is 0 Å². The van der Waals surface area contributed by atoms with Crippen molar-refractivity contribution in [2.45, 2.75) is 58.3 Å². The summed E-state index contributed by atoms with van der Waals surface area (Å²) >= 11 is 0. The Morgan fingerprint density at radius 2 is 0.905 bits per heavy atom. The van der Waals surface area contributed by atoms with Crippen LogP contribution >= 0.6 is 7.81 Å². The van der Waals surface area contributed by atoms with Crippen LogP contribution in [-0.4, -0.2) is 32.2 Å². The summed E-state index contributed by atoms with van der Waals surface area (Å²) in [6, 6.07) is 0. The van der Waals surface area contributed by atoms with Crippen LogP contribution in [0.5, 0.6) is 0 Å². The zero-order valence-corrected chi connectivity index (χ0v) is 14.4. The second-order valence-corrected chi connectivity index (χ2v) is 8.36. The molecular formula is C13H30F6NP. The van der Waals surface area contributed by atoms with Gasteiger partial charge >= 0.3 is 33.0 Å². The molecule has 0 aliphatic rings. The SMILES string of the molecule is CCCCCCCCCC[N+](C)(C)C.F[P-](F)(F)(F)(F)F. The molecule has 0 saturated heterocycles. The molecule has 0 rings (SSSR count). The molecule has 0 bridgehead atoms. The van der Waals surface area contributed by atoms with E-state index in [0.29, 0.717) is 0 Å². The molecule has 134 valence electrons. The predicted octanol–water partition coefficient (Wildman–Crippen LogP) is 7.22. The summed E-state index contributed by atoms with van der Waals surface area (Å²) in [6.45, 7) is 3.61. The Morgan fingerprint density at radius 1 is 0.619 bits per heavy atom. The van der Waals surface area contributed by atoms with E-state index in [1.165, 1.54) is 57.9 Å². The maximum atomic E-state index is 9.87. The molecule has 0 aliphatic heterocycles. The minimum atomic E-state index is -10.7. The van der Waals surface area contributed by atoms with E-state index in [2.05, 4.69) is 28.1 Å².